The van der Waals surface area contributed by atoms with Crippen LogP contribution in [-0.4, -0.2) is 0 Å². The van der Waals surface area contributed by atoms with E-state index in [1.807, 2.05) is 0 Å². The van der Waals surface area contributed by atoms with Crippen LogP contribution < -0.4 is 0 Å². The van der Waals surface area contributed by atoms with Crippen molar-refractivity contribution in [3.63, 3.8) is 0 Å². The molecule has 0 aromatic heterocycles. The second kappa shape index (κ2) is 24.5. The summed E-state index contributed by atoms with van der Waals surface area (Å²) in [4.78, 5) is 0. The van der Waals surface area contributed by atoms with Crippen molar-refractivity contribution < 1.29 is 0 Å². The Morgan fingerprint density at radius 1 is 0.155 bits per heavy atom. The summed E-state index contributed by atoms with van der Waals surface area (Å²) in [5.74, 6) is 0. The molecule has 0 spiro atoms. The normalized spacial score (nSPS) is 13.2. The van der Waals surface area contributed by atoms with E-state index in [0.717, 1.165) is 0 Å². The van der Waals surface area contributed by atoms with E-state index < -0.39 is 0 Å². The average molecular weight is 1400 g/mol. The Bertz CT molecular complexity index is 7410. The lowest BCUT2D eigenvalue weighted by Gasteiger charge is -2.23. The molecule has 0 nitrogen and oxygen atoms in total. The van der Waals surface area contributed by atoms with Crippen LogP contribution in [0.1, 0.15) is 49.9 Å². The summed E-state index contributed by atoms with van der Waals surface area (Å²) >= 11 is 0. The van der Waals surface area contributed by atoms with Gasteiger partial charge in [-0.3, -0.25) is 0 Å². The van der Waals surface area contributed by atoms with Crippen molar-refractivity contribution in [2.24, 2.45) is 0 Å². The molecule has 0 radical (unpaired) electrons. The van der Waals surface area contributed by atoms with Gasteiger partial charge in [0.05, 0.1) is 0 Å². The van der Waals surface area contributed by atoms with E-state index in [2.05, 4.69) is 404 Å². The maximum atomic E-state index is 2.44. The predicted octanol–water partition coefficient (Wildman–Crippen LogP) is 30.7. The standard InChI is InChI=1S/C57H38.C53H36/c1-57(2)51-28-14-27-41(55(51)49-32-31-36-16-4-6-20-42(36)56(49)57)37-17-13-18-38(33-37)53-45-23-9-11-25-47(45)54(48-26-12-10-24-46(48)53)50-34-39-30-29-35-15-3-5-19-40(35)52(39)44-22-8-7-21-43(44)50;1-53(2)48-28-14-27-38(51(48)46-30-29-33-15-3-6-20-39(33)52(46)53)34-17-13-18-36(31-34)49-42-23-9-11-25-44(42)50(45-26-12-10-24-43(45)49)47-32-35-16-4-5-19-37(35)40-21-7-8-22-41(40)47/h3-34H,1-2H3;3-32H,1-2H3. The SMILES string of the molecule is CC1(C)c2cccc(-c3cccc(-c4c5ccccc5c(-c5cc6ccc7ccccc7c6c6ccccc56)c5ccccc45)c3)c2-c2ccc3ccccc3c21.CC1(C)c2cccc(-c3cccc(-c4c5ccccc5c(-c5cc6ccccc6c6ccccc56)c5ccccc45)c3)c2-c2ccc3ccccc3c21. The van der Waals surface area contributed by atoms with Crippen LogP contribution in [0.3, 0.4) is 0 Å². The molecular weight excluding hydrogens is 1320 g/mol. The molecular formula is C110H74. The molecule has 21 aromatic rings. The van der Waals surface area contributed by atoms with Gasteiger partial charge in [-0.1, -0.05) is 380 Å². The molecule has 0 heterocycles. The molecule has 0 saturated heterocycles. The van der Waals surface area contributed by atoms with Crippen LogP contribution >= 0.6 is 0 Å². The Labute approximate surface area is 640 Å². The zero-order valence-electron chi connectivity index (χ0n) is 61.8. The Kier molecular flexibility index (Phi) is 14.2. The molecule has 0 amide bonds. The summed E-state index contributed by atoms with van der Waals surface area (Å²) < 4.78 is 0. The van der Waals surface area contributed by atoms with Gasteiger partial charge in [0.25, 0.3) is 0 Å². The summed E-state index contributed by atoms with van der Waals surface area (Å²) in [6.07, 6.45) is 0. The highest BCUT2D eigenvalue weighted by Gasteiger charge is 2.40. The summed E-state index contributed by atoms with van der Waals surface area (Å²) in [6, 6.07) is 141. The molecule has 2 aliphatic rings. The first-order chi connectivity index (χ1) is 54.1. The zero-order valence-corrected chi connectivity index (χ0v) is 61.8. The van der Waals surface area contributed by atoms with Crippen LogP contribution in [0, 0.1) is 0 Å². The molecule has 0 fully saturated rings. The van der Waals surface area contributed by atoms with Crippen LogP contribution in [0.15, 0.2) is 376 Å². The molecule has 21 aromatic carbocycles. The predicted molar refractivity (Wildman–Crippen MR) is 473 cm³/mol. The summed E-state index contributed by atoms with van der Waals surface area (Å²) in [5.41, 5.74) is 26.1. The topological polar surface area (TPSA) is 0 Å². The van der Waals surface area contributed by atoms with Gasteiger partial charge in [-0.05, 0) is 254 Å². The van der Waals surface area contributed by atoms with Crippen molar-refractivity contribution in [2.75, 3.05) is 0 Å². The first-order valence-electron chi connectivity index (χ1n) is 38.8. The van der Waals surface area contributed by atoms with Gasteiger partial charge < -0.3 is 0 Å². The van der Waals surface area contributed by atoms with E-state index in [4.69, 9.17) is 0 Å². The molecule has 0 N–H and O–H groups in total. The first-order valence-corrected chi connectivity index (χ1v) is 38.8. The third kappa shape index (κ3) is 9.46. The van der Waals surface area contributed by atoms with Gasteiger partial charge in [0.15, 0.2) is 0 Å². The highest BCUT2D eigenvalue weighted by molar-refractivity contribution is 6.30. The van der Waals surface area contributed by atoms with E-state index >= 15 is 0 Å². The van der Waals surface area contributed by atoms with Crippen LogP contribution in [-0.2, 0) is 10.8 Å². The molecule has 110 heavy (non-hydrogen) atoms. The number of hydrogen-bond acceptors (Lipinski definition) is 0. The van der Waals surface area contributed by atoms with Crippen LogP contribution in [0.25, 0.3) is 208 Å². The molecule has 2 aliphatic carbocycles. The van der Waals surface area contributed by atoms with Crippen molar-refractivity contribution in [1.29, 1.82) is 0 Å². The van der Waals surface area contributed by atoms with Crippen molar-refractivity contribution in [3.05, 3.63) is 398 Å². The molecule has 514 valence electrons. The highest BCUT2D eigenvalue weighted by Crippen LogP contribution is 2.58. The van der Waals surface area contributed by atoms with E-state index in [9.17, 15) is 0 Å². The van der Waals surface area contributed by atoms with Crippen molar-refractivity contribution >= 4 is 118 Å². The maximum Gasteiger partial charge on any atom is 0.0165 e. The minimum Gasteiger partial charge on any atom is -0.0616 e. The summed E-state index contributed by atoms with van der Waals surface area (Å²) in [6.45, 7) is 9.57. The van der Waals surface area contributed by atoms with E-state index in [-0.39, 0.29) is 10.8 Å². The summed E-state index contributed by atoms with van der Waals surface area (Å²) in [7, 11) is 0. The fourth-order valence-electron chi connectivity index (χ4n) is 20.3. The minimum absolute atomic E-state index is 0.103. The maximum absolute atomic E-state index is 2.44. The first kappa shape index (κ1) is 63.7. The second-order valence-electron chi connectivity index (χ2n) is 31.5. The largest absolute Gasteiger partial charge is 0.0616 e. The van der Waals surface area contributed by atoms with Gasteiger partial charge >= 0.3 is 0 Å². The minimum atomic E-state index is -0.110. The van der Waals surface area contributed by atoms with Gasteiger partial charge in [0.1, 0.15) is 0 Å². The molecule has 0 atom stereocenters. The van der Waals surface area contributed by atoms with Crippen LogP contribution in [0.4, 0.5) is 0 Å². The lowest BCUT2D eigenvalue weighted by atomic mass is 9.80. The van der Waals surface area contributed by atoms with Gasteiger partial charge in [-0.2, -0.15) is 0 Å². The number of hydrogen-bond donors (Lipinski definition) is 0. The van der Waals surface area contributed by atoms with Gasteiger partial charge in [-0.15, -0.1) is 0 Å². The van der Waals surface area contributed by atoms with Gasteiger partial charge in [-0.25, -0.2) is 0 Å². The Morgan fingerprint density at radius 2 is 0.455 bits per heavy atom. The third-order valence-corrected chi connectivity index (χ3v) is 25.0. The van der Waals surface area contributed by atoms with Crippen molar-refractivity contribution in [3.8, 4) is 89.0 Å². The highest BCUT2D eigenvalue weighted by atomic mass is 14.4. The van der Waals surface area contributed by atoms with E-state index in [1.54, 1.807) is 0 Å². The lowest BCUT2D eigenvalue weighted by molar-refractivity contribution is 0.666. The van der Waals surface area contributed by atoms with Crippen LogP contribution in [0.5, 0.6) is 0 Å². The number of fused-ring (bicyclic) bond motifs is 22. The molecule has 0 unspecified atom stereocenters. The monoisotopic (exact) mass is 1390 g/mol. The fourth-order valence-corrected chi connectivity index (χ4v) is 20.3. The number of rotatable bonds is 6. The van der Waals surface area contributed by atoms with Crippen molar-refractivity contribution in [2.45, 2.75) is 38.5 Å². The molecule has 0 heteroatoms. The summed E-state index contributed by atoms with van der Waals surface area (Å²) in [5, 5.41) is 28.3. The van der Waals surface area contributed by atoms with Gasteiger partial charge in [0.2, 0.25) is 0 Å². The third-order valence-electron chi connectivity index (χ3n) is 25.0. The van der Waals surface area contributed by atoms with E-state index in [1.165, 1.54) is 230 Å². The Balaban J connectivity index is 0.000000136. The van der Waals surface area contributed by atoms with Crippen molar-refractivity contribution in [1.82, 2.24) is 0 Å². The Morgan fingerprint density at radius 3 is 0.900 bits per heavy atom. The quantitative estimate of drug-likeness (QED) is 0.115. The van der Waals surface area contributed by atoms with Crippen LogP contribution in [0.2, 0.25) is 0 Å². The fraction of sp³-hybridized carbons (Fsp3) is 0.0545. The lowest BCUT2D eigenvalue weighted by Crippen LogP contribution is -2.15. The smallest absolute Gasteiger partial charge is 0.0165 e. The second-order valence-corrected chi connectivity index (χ2v) is 31.5. The average Bonchev–Trinajstić information content (AvgIpc) is 1.27. The van der Waals surface area contributed by atoms with E-state index in [0.29, 0.717) is 0 Å². The molecule has 0 aliphatic heterocycles. The molecule has 23 rings (SSSR count). The number of benzene rings is 21. The zero-order chi connectivity index (χ0) is 73.1. The molecule has 0 saturated carbocycles. The molecule has 0 bridgehead atoms. The van der Waals surface area contributed by atoms with Gasteiger partial charge in [0, 0.05) is 10.8 Å². The Hall–Kier alpha value is -13.5.